The van der Waals surface area contributed by atoms with Gasteiger partial charge in [0.1, 0.15) is 6.04 Å². The van der Waals surface area contributed by atoms with Crippen LogP contribution in [-0.4, -0.2) is 36.3 Å². The summed E-state index contributed by atoms with van der Waals surface area (Å²) in [6.07, 6.45) is 1.72. The van der Waals surface area contributed by atoms with Gasteiger partial charge in [0, 0.05) is 19.4 Å². The van der Waals surface area contributed by atoms with Gasteiger partial charge in [0.2, 0.25) is 11.8 Å². The minimum atomic E-state index is -0.521. The van der Waals surface area contributed by atoms with Gasteiger partial charge in [-0.1, -0.05) is 24.3 Å². The summed E-state index contributed by atoms with van der Waals surface area (Å²) >= 11 is 0. The zero-order valence-corrected chi connectivity index (χ0v) is 13.0. The summed E-state index contributed by atoms with van der Waals surface area (Å²) in [7, 11) is 1.85. The molecule has 2 amide bonds. The molecule has 1 atom stereocenters. The van der Waals surface area contributed by atoms with Gasteiger partial charge in [-0.25, -0.2) is 0 Å². The van der Waals surface area contributed by atoms with E-state index in [0.717, 1.165) is 24.1 Å². The molecule has 0 fully saturated rings. The Morgan fingerprint density at radius 3 is 2.62 bits per heavy atom. The van der Waals surface area contributed by atoms with Gasteiger partial charge in [0.15, 0.2) is 0 Å². The summed E-state index contributed by atoms with van der Waals surface area (Å²) in [6.45, 7) is 1.26. The molecule has 5 nitrogen and oxygen atoms in total. The molecule has 0 bridgehead atoms. The van der Waals surface area contributed by atoms with Crippen molar-refractivity contribution in [3.8, 4) is 0 Å². The monoisotopic (exact) mass is 311 g/mol. The summed E-state index contributed by atoms with van der Waals surface area (Å²) < 4.78 is 0. The first-order valence-corrected chi connectivity index (χ1v) is 6.93. The molecule has 1 heterocycles. The number of carbonyl (C=O) groups is 2. The first kappa shape index (κ1) is 17.5. The van der Waals surface area contributed by atoms with Crippen LogP contribution in [0.25, 0.3) is 0 Å². The number of hydrogen-bond donors (Lipinski definition) is 2. The molecule has 0 saturated heterocycles. The minimum Gasteiger partial charge on any atom is -0.368 e. The van der Waals surface area contributed by atoms with Crippen LogP contribution in [0.3, 0.4) is 0 Å². The topological polar surface area (TPSA) is 75.4 Å². The lowest BCUT2D eigenvalue weighted by Gasteiger charge is -2.35. The third-order valence-electron chi connectivity index (χ3n) is 3.71. The molecule has 1 aromatic rings. The van der Waals surface area contributed by atoms with Crippen LogP contribution in [0.5, 0.6) is 0 Å². The van der Waals surface area contributed by atoms with Gasteiger partial charge in [0.25, 0.3) is 0 Å². The van der Waals surface area contributed by atoms with Crippen molar-refractivity contribution in [3.63, 3.8) is 0 Å². The predicted molar refractivity (Wildman–Crippen MR) is 84.1 cm³/mol. The number of nitrogens with one attached hydrogen (secondary N) is 1. The molecule has 6 heteroatoms. The zero-order valence-electron chi connectivity index (χ0n) is 12.2. The van der Waals surface area contributed by atoms with Crippen molar-refractivity contribution < 1.29 is 9.59 Å². The van der Waals surface area contributed by atoms with Crippen LogP contribution < -0.4 is 11.1 Å². The van der Waals surface area contributed by atoms with E-state index in [2.05, 4.69) is 5.32 Å². The third kappa shape index (κ3) is 4.19. The Labute approximate surface area is 131 Å². The van der Waals surface area contributed by atoms with Gasteiger partial charge >= 0.3 is 0 Å². The Balaban J connectivity index is 0.00000220. The van der Waals surface area contributed by atoms with E-state index in [4.69, 9.17) is 5.73 Å². The average Bonchev–Trinajstić information content (AvgIpc) is 2.46. The largest absolute Gasteiger partial charge is 0.368 e. The minimum absolute atomic E-state index is 0. The van der Waals surface area contributed by atoms with Gasteiger partial charge in [-0.3, -0.25) is 9.59 Å². The molecule has 1 aliphatic rings. The Morgan fingerprint density at radius 2 is 2.00 bits per heavy atom. The van der Waals surface area contributed by atoms with Crippen molar-refractivity contribution in [2.75, 3.05) is 13.6 Å². The highest BCUT2D eigenvalue weighted by Gasteiger charge is 2.32. The van der Waals surface area contributed by atoms with E-state index in [1.54, 1.807) is 4.90 Å². The van der Waals surface area contributed by atoms with Crippen LogP contribution in [-0.2, 0) is 22.6 Å². The summed E-state index contributed by atoms with van der Waals surface area (Å²) in [5.74, 6) is -0.431. The molecule has 0 spiro atoms. The number of halogens is 1. The lowest BCUT2D eigenvalue weighted by molar-refractivity contribution is -0.140. The van der Waals surface area contributed by atoms with E-state index in [1.165, 1.54) is 0 Å². The van der Waals surface area contributed by atoms with Gasteiger partial charge in [-0.2, -0.15) is 0 Å². The smallest absolute Gasteiger partial charge is 0.240 e. The second-order valence-electron chi connectivity index (χ2n) is 5.12. The molecule has 3 N–H and O–H groups in total. The van der Waals surface area contributed by atoms with E-state index in [0.29, 0.717) is 19.4 Å². The number of nitrogens with zero attached hydrogens (tertiary/aromatic N) is 1. The maximum absolute atomic E-state index is 12.3. The molecule has 1 aromatic carbocycles. The van der Waals surface area contributed by atoms with Gasteiger partial charge in [0.05, 0.1) is 0 Å². The van der Waals surface area contributed by atoms with Crippen LogP contribution in [0.2, 0.25) is 0 Å². The van der Waals surface area contributed by atoms with Crippen molar-refractivity contribution in [3.05, 3.63) is 35.4 Å². The fraction of sp³-hybridized carbons (Fsp3) is 0.467. The van der Waals surface area contributed by atoms with Crippen molar-refractivity contribution >= 4 is 24.2 Å². The van der Waals surface area contributed by atoms with E-state index in [1.807, 2.05) is 31.3 Å². The number of carbonyl (C=O) groups excluding carboxylic acids is 2. The van der Waals surface area contributed by atoms with Crippen molar-refractivity contribution in [2.24, 2.45) is 5.73 Å². The van der Waals surface area contributed by atoms with Crippen LogP contribution in [0.15, 0.2) is 24.3 Å². The molecular formula is C15H22ClN3O2. The normalized spacial score (nSPS) is 16.8. The summed E-state index contributed by atoms with van der Waals surface area (Å²) in [5.41, 5.74) is 7.67. The number of benzene rings is 1. The second kappa shape index (κ2) is 8.00. The molecule has 0 radical (unpaired) electrons. The average molecular weight is 312 g/mol. The van der Waals surface area contributed by atoms with Crippen molar-refractivity contribution in [2.45, 2.75) is 31.8 Å². The highest BCUT2D eigenvalue weighted by atomic mass is 35.5. The van der Waals surface area contributed by atoms with Crippen LogP contribution in [0.1, 0.15) is 24.0 Å². The Bertz CT molecular complexity index is 507. The summed E-state index contributed by atoms with van der Waals surface area (Å²) in [5, 5.41) is 3.01. The van der Waals surface area contributed by atoms with Gasteiger partial charge < -0.3 is 16.0 Å². The van der Waals surface area contributed by atoms with Gasteiger partial charge in [-0.05, 0) is 31.1 Å². The van der Waals surface area contributed by atoms with Crippen LogP contribution >= 0.6 is 12.4 Å². The highest BCUT2D eigenvalue weighted by molar-refractivity contribution is 5.87. The number of hydrogen-bond acceptors (Lipinski definition) is 3. The molecule has 21 heavy (non-hydrogen) atoms. The van der Waals surface area contributed by atoms with Gasteiger partial charge in [-0.15, -0.1) is 12.4 Å². The Hall–Kier alpha value is -1.59. The maximum Gasteiger partial charge on any atom is 0.240 e. The number of nitrogens with two attached hydrogens (primary N) is 1. The summed E-state index contributed by atoms with van der Waals surface area (Å²) in [4.78, 5) is 25.5. The quantitative estimate of drug-likeness (QED) is 0.792. The standard InChI is InChI=1S/C15H21N3O2.ClH/c1-17-8-4-7-14(19)18-10-12-6-3-2-5-11(12)9-13(18)15(16)20;/h2-3,5-6,13,17H,4,7-10H2,1H3,(H2,16,20);1H. The molecular weight excluding hydrogens is 290 g/mol. The predicted octanol–water partition coefficient (Wildman–Crippen LogP) is 0.847. The molecule has 2 rings (SSSR count). The second-order valence-corrected chi connectivity index (χ2v) is 5.12. The van der Waals surface area contributed by atoms with Crippen molar-refractivity contribution in [1.29, 1.82) is 0 Å². The molecule has 0 aromatic heterocycles. The van der Waals surface area contributed by atoms with Crippen molar-refractivity contribution in [1.82, 2.24) is 10.2 Å². The number of amides is 2. The van der Waals surface area contributed by atoms with Crippen LogP contribution in [0, 0.1) is 0 Å². The fourth-order valence-corrected chi connectivity index (χ4v) is 2.60. The van der Waals surface area contributed by atoms with E-state index >= 15 is 0 Å². The summed E-state index contributed by atoms with van der Waals surface area (Å²) in [6, 6.07) is 7.37. The zero-order chi connectivity index (χ0) is 14.5. The Kier molecular flexibility index (Phi) is 6.65. The number of rotatable bonds is 5. The van der Waals surface area contributed by atoms with E-state index in [9.17, 15) is 9.59 Å². The lowest BCUT2D eigenvalue weighted by Crippen LogP contribution is -2.51. The lowest BCUT2D eigenvalue weighted by atomic mass is 9.93. The third-order valence-corrected chi connectivity index (χ3v) is 3.71. The first-order chi connectivity index (χ1) is 9.63. The molecule has 116 valence electrons. The number of fused-ring (bicyclic) bond motifs is 1. The SMILES string of the molecule is CNCCCC(=O)N1Cc2ccccc2CC1C(N)=O.Cl. The highest BCUT2D eigenvalue weighted by Crippen LogP contribution is 2.24. The first-order valence-electron chi connectivity index (χ1n) is 6.93. The fourth-order valence-electron chi connectivity index (χ4n) is 2.60. The van der Waals surface area contributed by atoms with E-state index < -0.39 is 11.9 Å². The van der Waals surface area contributed by atoms with E-state index in [-0.39, 0.29) is 18.3 Å². The maximum atomic E-state index is 12.3. The molecule has 1 aliphatic heterocycles. The molecule has 0 aliphatic carbocycles. The Morgan fingerprint density at radius 1 is 1.33 bits per heavy atom. The molecule has 0 saturated carbocycles. The molecule has 1 unspecified atom stereocenters. The van der Waals surface area contributed by atoms with Crippen LogP contribution in [0.4, 0.5) is 0 Å². The number of primary amides is 1.